The van der Waals surface area contributed by atoms with Crippen LogP contribution < -0.4 is 10.2 Å². The molecule has 0 aliphatic carbocycles. The van der Waals surface area contributed by atoms with Gasteiger partial charge in [0, 0.05) is 30.9 Å². The summed E-state index contributed by atoms with van der Waals surface area (Å²) < 4.78 is 0. The minimum absolute atomic E-state index is 0.601. The van der Waals surface area contributed by atoms with Crippen molar-refractivity contribution in [2.24, 2.45) is 5.92 Å². The predicted octanol–water partition coefficient (Wildman–Crippen LogP) is 3.91. The van der Waals surface area contributed by atoms with Gasteiger partial charge in [-0.3, -0.25) is 0 Å². The SMILES string of the molecule is CCCC1CN(c2cccc(C)c2C)C(C(C)C)CN1. The number of nitrogens with zero attached hydrogens (tertiary/aromatic N) is 1. The monoisotopic (exact) mass is 274 g/mol. The summed E-state index contributed by atoms with van der Waals surface area (Å²) in [6.07, 6.45) is 2.52. The maximum absolute atomic E-state index is 3.74. The van der Waals surface area contributed by atoms with Gasteiger partial charge in [0.2, 0.25) is 0 Å². The van der Waals surface area contributed by atoms with Crippen molar-refractivity contribution in [1.29, 1.82) is 0 Å². The lowest BCUT2D eigenvalue weighted by atomic mass is 9.95. The van der Waals surface area contributed by atoms with Crippen molar-refractivity contribution >= 4 is 5.69 Å². The third-order valence-corrected chi connectivity index (χ3v) is 4.73. The maximum atomic E-state index is 3.74. The Morgan fingerprint density at radius 2 is 2.05 bits per heavy atom. The highest BCUT2D eigenvalue weighted by atomic mass is 15.2. The molecule has 1 aliphatic heterocycles. The molecule has 1 aromatic carbocycles. The number of hydrogen-bond donors (Lipinski definition) is 1. The van der Waals surface area contributed by atoms with Crippen LogP contribution in [-0.2, 0) is 0 Å². The van der Waals surface area contributed by atoms with Crippen LogP contribution in [0.15, 0.2) is 18.2 Å². The molecule has 2 nitrogen and oxygen atoms in total. The number of rotatable bonds is 4. The van der Waals surface area contributed by atoms with E-state index in [2.05, 4.69) is 63.0 Å². The molecule has 2 atom stereocenters. The van der Waals surface area contributed by atoms with Crippen LogP contribution in [0.1, 0.15) is 44.7 Å². The molecular formula is C18H30N2. The highest BCUT2D eigenvalue weighted by molar-refractivity contribution is 5.57. The average molecular weight is 274 g/mol. The molecule has 0 spiro atoms. The second kappa shape index (κ2) is 6.62. The fraction of sp³-hybridized carbons (Fsp3) is 0.667. The largest absolute Gasteiger partial charge is 0.365 e. The maximum Gasteiger partial charge on any atom is 0.0438 e. The Bertz CT molecular complexity index is 439. The van der Waals surface area contributed by atoms with E-state index in [1.165, 1.54) is 29.7 Å². The van der Waals surface area contributed by atoms with E-state index in [1.54, 1.807) is 0 Å². The molecule has 0 bridgehead atoms. The van der Waals surface area contributed by atoms with E-state index >= 15 is 0 Å². The summed E-state index contributed by atoms with van der Waals surface area (Å²) >= 11 is 0. The minimum Gasteiger partial charge on any atom is -0.365 e. The minimum atomic E-state index is 0.601. The van der Waals surface area contributed by atoms with E-state index in [9.17, 15) is 0 Å². The zero-order valence-corrected chi connectivity index (χ0v) is 13.7. The fourth-order valence-corrected chi connectivity index (χ4v) is 3.30. The zero-order chi connectivity index (χ0) is 14.7. The Hall–Kier alpha value is -1.02. The molecule has 20 heavy (non-hydrogen) atoms. The van der Waals surface area contributed by atoms with E-state index < -0.39 is 0 Å². The molecule has 0 amide bonds. The first-order valence-electron chi connectivity index (χ1n) is 8.10. The number of piperazine rings is 1. The van der Waals surface area contributed by atoms with Crippen molar-refractivity contribution in [3.8, 4) is 0 Å². The van der Waals surface area contributed by atoms with Crippen LogP contribution >= 0.6 is 0 Å². The van der Waals surface area contributed by atoms with Gasteiger partial charge < -0.3 is 10.2 Å². The van der Waals surface area contributed by atoms with E-state index in [0.717, 1.165) is 13.1 Å². The average Bonchev–Trinajstić information content (AvgIpc) is 2.42. The van der Waals surface area contributed by atoms with Crippen LogP contribution in [0.3, 0.4) is 0 Å². The molecule has 0 saturated carbocycles. The molecule has 2 heteroatoms. The van der Waals surface area contributed by atoms with Gasteiger partial charge in [-0.15, -0.1) is 0 Å². The number of benzene rings is 1. The quantitative estimate of drug-likeness (QED) is 0.895. The Kier molecular flexibility index (Phi) is 5.09. The molecule has 1 saturated heterocycles. The van der Waals surface area contributed by atoms with Crippen LogP contribution in [0, 0.1) is 19.8 Å². The van der Waals surface area contributed by atoms with Gasteiger partial charge in [-0.05, 0) is 43.4 Å². The van der Waals surface area contributed by atoms with Crippen molar-refractivity contribution in [1.82, 2.24) is 5.32 Å². The zero-order valence-electron chi connectivity index (χ0n) is 13.7. The van der Waals surface area contributed by atoms with Crippen molar-refractivity contribution in [3.05, 3.63) is 29.3 Å². The second-order valence-electron chi connectivity index (χ2n) is 6.58. The van der Waals surface area contributed by atoms with Gasteiger partial charge in [-0.2, -0.15) is 0 Å². The molecule has 2 unspecified atom stereocenters. The molecule has 1 aromatic rings. The van der Waals surface area contributed by atoms with Gasteiger partial charge in [0.25, 0.3) is 0 Å². The van der Waals surface area contributed by atoms with Crippen LogP contribution in [0.5, 0.6) is 0 Å². The lowest BCUT2D eigenvalue weighted by molar-refractivity contribution is 0.327. The van der Waals surface area contributed by atoms with Gasteiger partial charge in [-0.1, -0.05) is 39.3 Å². The summed E-state index contributed by atoms with van der Waals surface area (Å²) in [5, 5.41) is 3.74. The summed E-state index contributed by atoms with van der Waals surface area (Å²) in [4.78, 5) is 2.66. The summed E-state index contributed by atoms with van der Waals surface area (Å²) in [7, 11) is 0. The van der Waals surface area contributed by atoms with Gasteiger partial charge in [-0.25, -0.2) is 0 Å². The summed E-state index contributed by atoms with van der Waals surface area (Å²) in [6.45, 7) is 13.7. The highest BCUT2D eigenvalue weighted by Gasteiger charge is 2.30. The van der Waals surface area contributed by atoms with Crippen molar-refractivity contribution < 1.29 is 0 Å². The second-order valence-corrected chi connectivity index (χ2v) is 6.58. The van der Waals surface area contributed by atoms with Gasteiger partial charge in [0.1, 0.15) is 0 Å². The molecule has 1 heterocycles. The number of aryl methyl sites for hydroxylation is 1. The van der Waals surface area contributed by atoms with Crippen molar-refractivity contribution in [3.63, 3.8) is 0 Å². The van der Waals surface area contributed by atoms with Crippen LogP contribution in [-0.4, -0.2) is 25.2 Å². The smallest absolute Gasteiger partial charge is 0.0438 e. The summed E-state index contributed by atoms with van der Waals surface area (Å²) in [5.74, 6) is 0.671. The molecule has 1 fully saturated rings. The Morgan fingerprint density at radius 3 is 2.70 bits per heavy atom. The molecule has 0 radical (unpaired) electrons. The van der Waals surface area contributed by atoms with Crippen LogP contribution in [0.4, 0.5) is 5.69 Å². The van der Waals surface area contributed by atoms with E-state index in [1.807, 2.05) is 0 Å². The van der Waals surface area contributed by atoms with Crippen molar-refractivity contribution in [2.75, 3.05) is 18.0 Å². The topological polar surface area (TPSA) is 15.3 Å². The molecule has 1 N–H and O–H groups in total. The Labute approximate surface area is 124 Å². The van der Waals surface area contributed by atoms with Gasteiger partial charge in [0.05, 0.1) is 0 Å². The molecule has 1 aliphatic rings. The lowest BCUT2D eigenvalue weighted by Gasteiger charge is -2.44. The van der Waals surface area contributed by atoms with E-state index in [4.69, 9.17) is 0 Å². The van der Waals surface area contributed by atoms with Crippen LogP contribution in [0.2, 0.25) is 0 Å². The molecule has 2 rings (SSSR count). The standard InChI is InChI=1S/C18H30N2/c1-6-8-16-12-20(18(11-19-16)13(2)3)17-10-7-9-14(4)15(17)5/h7,9-10,13,16,18-19H,6,8,11-12H2,1-5H3. The fourth-order valence-electron chi connectivity index (χ4n) is 3.30. The first-order chi connectivity index (χ1) is 9.54. The molecule has 0 aromatic heterocycles. The lowest BCUT2D eigenvalue weighted by Crippen LogP contribution is -2.58. The molecular weight excluding hydrogens is 244 g/mol. The van der Waals surface area contributed by atoms with Crippen molar-refractivity contribution in [2.45, 2.75) is 59.5 Å². The number of anilines is 1. The normalized spacial score (nSPS) is 23.4. The predicted molar refractivity (Wildman–Crippen MR) is 88.6 cm³/mol. The Morgan fingerprint density at radius 1 is 1.30 bits per heavy atom. The summed E-state index contributed by atoms with van der Waals surface area (Å²) in [5.41, 5.74) is 4.28. The van der Waals surface area contributed by atoms with E-state index in [0.29, 0.717) is 18.0 Å². The highest BCUT2D eigenvalue weighted by Crippen LogP contribution is 2.29. The third-order valence-electron chi connectivity index (χ3n) is 4.73. The summed E-state index contributed by atoms with van der Waals surface area (Å²) in [6, 6.07) is 7.95. The number of hydrogen-bond acceptors (Lipinski definition) is 2. The first kappa shape index (κ1) is 15.4. The van der Waals surface area contributed by atoms with Gasteiger partial charge in [0.15, 0.2) is 0 Å². The van der Waals surface area contributed by atoms with E-state index in [-0.39, 0.29) is 0 Å². The Balaban J connectivity index is 2.29. The first-order valence-corrected chi connectivity index (χ1v) is 8.10. The third kappa shape index (κ3) is 3.17. The number of nitrogens with one attached hydrogen (secondary N) is 1. The molecule has 112 valence electrons. The van der Waals surface area contributed by atoms with Gasteiger partial charge >= 0.3 is 0 Å². The van der Waals surface area contributed by atoms with Crippen LogP contribution in [0.25, 0.3) is 0 Å².